The summed E-state index contributed by atoms with van der Waals surface area (Å²) in [5, 5.41) is 0. The molecule has 0 nitrogen and oxygen atoms in total. The molecule has 0 amide bonds. The summed E-state index contributed by atoms with van der Waals surface area (Å²) in [5.41, 5.74) is 0. The minimum Gasteiger partial charge on any atom is -0.0683 e. The molecule has 31 heavy (non-hydrogen) atoms. The van der Waals surface area contributed by atoms with Crippen molar-refractivity contribution in [1.82, 2.24) is 0 Å². The fourth-order valence-corrected chi connectivity index (χ4v) is 2.03. The largest absolute Gasteiger partial charge is 0.0683 e. The Labute approximate surface area is 206 Å². The lowest BCUT2D eigenvalue weighted by Gasteiger charge is -1.90. The third kappa shape index (κ3) is 163. The van der Waals surface area contributed by atoms with Crippen LogP contribution in [0.2, 0.25) is 0 Å². The molecule has 0 saturated heterocycles. The summed E-state index contributed by atoms with van der Waals surface area (Å²) in [7, 11) is 0. The molecule has 0 atom stereocenters. The van der Waals surface area contributed by atoms with Crippen LogP contribution in [-0.4, -0.2) is 0 Å². The highest BCUT2D eigenvalue weighted by Gasteiger charge is 1.81. The average molecular weight is 449 g/mol. The molecule has 0 fully saturated rings. The van der Waals surface area contributed by atoms with E-state index in [9.17, 15) is 0 Å². The highest BCUT2D eigenvalue weighted by molar-refractivity contribution is 4.37. The predicted molar refractivity (Wildman–Crippen MR) is 158 cm³/mol. The first-order valence-electron chi connectivity index (χ1n) is 15.1. The maximum absolute atomic E-state index is 2.25. The monoisotopic (exact) mass is 449 g/mol. The van der Waals surface area contributed by atoms with Gasteiger partial charge in [-0.1, -0.05) is 206 Å². The van der Waals surface area contributed by atoms with Gasteiger partial charge >= 0.3 is 0 Å². The van der Waals surface area contributed by atoms with Crippen LogP contribution in [0.3, 0.4) is 0 Å². The van der Waals surface area contributed by atoms with Crippen molar-refractivity contribution in [3.05, 3.63) is 0 Å². The van der Waals surface area contributed by atoms with E-state index >= 15 is 0 Å². The maximum atomic E-state index is 2.25. The van der Waals surface area contributed by atoms with Crippen LogP contribution in [0.1, 0.15) is 206 Å². The van der Waals surface area contributed by atoms with Gasteiger partial charge in [0.15, 0.2) is 0 Å². The van der Waals surface area contributed by atoms with Crippen molar-refractivity contribution < 1.29 is 0 Å². The number of hydrogen-bond acceptors (Lipinski definition) is 0. The minimum atomic E-state index is 1.25. The summed E-state index contributed by atoms with van der Waals surface area (Å²) in [6, 6.07) is 0. The Hall–Kier alpha value is 0. The summed E-state index contributed by atoms with van der Waals surface area (Å²) in [6.07, 6.45) is 23.5. The first-order valence-corrected chi connectivity index (χ1v) is 15.1. The zero-order valence-electron chi connectivity index (χ0n) is 26.0. The van der Waals surface area contributed by atoms with Gasteiger partial charge in [-0.3, -0.25) is 0 Å². The van der Waals surface area contributed by atoms with Gasteiger partial charge in [0.25, 0.3) is 0 Å². The molecule has 0 rings (SSSR count). The third-order valence-electron chi connectivity index (χ3n) is 3.62. The molecule has 0 aromatic rings. The number of rotatable bonds is 12. The fraction of sp³-hybridized carbons (Fsp3) is 1.00. The van der Waals surface area contributed by atoms with Crippen LogP contribution >= 0.6 is 0 Å². The predicted octanol–water partition coefficient (Wildman–Crippen LogP) is 13.8. The molecule has 0 bridgehead atoms. The van der Waals surface area contributed by atoms with Gasteiger partial charge in [0.2, 0.25) is 0 Å². The molecule has 0 N–H and O–H groups in total. The summed E-state index contributed by atoms with van der Waals surface area (Å²) in [6.45, 7) is 30.0. The van der Waals surface area contributed by atoms with Crippen molar-refractivity contribution >= 4 is 0 Å². The molecule has 0 heteroatoms. The van der Waals surface area contributed by atoms with E-state index in [1.54, 1.807) is 0 Å². The van der Waals surface area contributed by atoms with E-state index in [-0.39, 0.29) is 0 Å². The first kappa shape index (κ1) is 48.4. The Morgan fingerprint density at radius 3 is 0.387 bits per heavy atom. The summed E-state index contributed by atoms with van der Waals surface area (Å²) in [5.74, 6) is 0. The summed E-state index contributed by atoms with van der Waals surface area (Å²) >= 11 is 0. The van der Waals surface area contributed by atoms with Gasteiger partial charge in [-0.05, 0) is 0 Å². The quantitative estimate of drug-likeness (QED) is 0.260. The number of unbranched alkanes of at least 4 members (excludes halogenated alkanes) is 12. The highest BCUT2D eigenvalue weighted by Crippen LogP contribution is 2.01. The normalized spacial score (nSPS) is 7.94. The van der Waals surface area contributed by atoms with Crippen LogP contribution in [0.4, 0.5) is 0 Å². The smallest absolute Gasteiger partial charge is 0.0533 e. The van der Waals surface area contributed by atoms with Gasteiger partial charge in [0, 0.05) is 0 Å². The summed E-state index contributed by atoms with van der Waals surface area (Å²) < 4.78 is 0. The molecular weight excluding hydrogens is 372 g/mol. The van der Waals surface area contributed by atoms with Gasteiger partial charge < -0.3 is 0 Å². The van der Waals surface area contributed by atoms with Crippen LogP contribution in [0.25, 0.3) is 0 Å². The second-order valence-corrected chi connectivity index (χ2v) is 7.60. The molecule has 0 saturated carbocycles. The summed E-state index contributed by atoms with van der Waals surface area (Å²) in [4.78, 5) is 0. The van der Waals surface area contributed by atoms with Gasteiger partial charge in [-0.25, -0.2) is 0 Å². The Morgan fingerprint density at radius 2 is 0.323 bits per heavy atom. The Morgan fingerprint density at radius 1 is 0.226 bits per heavy atom. The zero-order chi connectivity index (χ0) is 26.0. The first-order chi connectivity index (χ1) is 15.1. The van der Waals surface area contributed by atoms with E-state index in [0.29, 0.717) is 0 Å². The second-order valence-electron chi connectivity index (χ2n) is 7.60. The number of hydrogen-bond donors (Lipinski definition) is 0. The van der Waals surface area contributed by atoms with Gasteiger partial charge in [0.1, 0.15) is 0 Å². The lowest BCUT2D eigenvalue weighted by atomic mass is 10.2. The molecule has 0 aliphatic carbocycles. The molecule has 0 unspecified atom stereocenters. The van der Waals surface area contributed by atoms with Crippen LogP contribution < -0.4 is 0 Å². The van der Waals surface area contributed by atoms with Gasteiger partial charge in [-0.2, -0.15) is 0 Å². The molecule has 0 radical (unpaired) electrons. The van der Waals surface area contributed by atoms with E-state index in [4.69, 9.17) is 0 Å². The molecule has 0 aliphatic heterocycles. The Kier molecular flexibility index (Phi) is 136. The standard InChI is InChI=1S/3C7H16.2C3H8.2C2H6/c3*1-3-5-7-6-4-2;2*1-3-2;2*1-2/h3*3-7H2,1-2H3;2*3H2,1-2H3;2*1-2H3. The lowest BCUT2D eigenvalue weighted by Crippen LogP contribution is -1.70. The Bertz CT molecular complexity index is 101. The van der Waals surface area contributed by atoms with Gasteiger partial charge in [0.05, 0.1) is 0 Å². The van der Waals surface area contributed by atoms with Gasteiger partial charge in [-0.15, -0.1) is 0 Å². The van der Waals surface area contributed by atoms with E-state index in [0.717, 1.165) is 0 Å². The average Bonchev–Trinajstić information content (AvgIpc) is 2.80. The van der Waals surface area contributed by atoms with E-state index < -0.39 is 0 Å². The van der Waals surface area contributed by atoms with Crippen molar-refractivity contribution in [3.8, 4) is 0 Å². The fourth-order valence-electron chi connectivity index (χ4n) is 2.03. The van der Waals surface area contributed by atoms with Crippen LogP contribution in [-0.2, 0) is 0 Å². The SMILES string of the molecule is CC.CC.CCC.CCC.CCCCCCC.CCCCCCC.CCCCCCC. The van der Waals surface area contributed by atoms with Crippen molar-refractivity contribution in [1.29, 1.82) is 0 Å². The van der Waals surface area contributed by atoms with Crippen molar-refractivity contribution in [2.24, 2.45) is 0 Å². The Balaban J connectivity index is -0.0000000462. The van der Waals surface area contributed by atoms with Crippen molar-refractivity contribution in [2.45, 2.75) is 206 Å². The maximum Gasteiger partial charge on any atom is -0.0533 e. The molecule has 0 aromatic heterocycles. The topological polar surface area (TPSA) is 0 Å². The zero-order valence-corrected chi connectivity index (χ0v) is 26.0. The molecule has 0 spiro atoms. The molecule has 0 heterocycles. The van der Waals surface area contributed by atoms with Crippen molar-refractivity contribution in [3.63, 3.8) is 0 Å². The minimum absolute atomic E-state index is 1.25. The lowest BCUT2D eigenvalue weighted by molar-refractivity contribution is 0.656. The van der Waals surface area contributed by atoms with E-state index in [2.05, 4.69) is 69.2 Å². The van der Waals surface area contributed by atoms with Crippen LogP contribution in [0.15, 0.2) is 0 Å². The third-order valence-corrected chi connectivity index (χ3v) is 3.62. The molecule has 0 aliphatic rings. The molecule has 0 aromatic carbocycles. The molecular formula is C31H76. The molecule has 200 valence electrons. The van der Waals surface area contributed by atoms with Crippen LogP contribution in [0.5, 0.6) is 0 Å². The van der Waals surface area contributed by atoms with E-state index in [1.807, 2.05) is 27.7 Å². The van der Waals surface area contributed by atoms with E-state index in [1.165, 1.54) is 109 Å². The van der Waals surface area contributed by atoms with Crippen LogP contribution in [0, 0.1) is 0 Å². The second kappa shape index (κ2) is 87.3. The van der Waals surface area contributed by atoms with Crippen molar-refractivity contribution in [2.75, 3.05) is 0 Å². The highest BCUT2D eigenvalue weighted by atomic mass is 13.9.